The molecule has 0 aliphatic carbocycles. The van der Waals surface area contributed by atoms with Crippen LogP contribution in [0.5, 0.6) is 5.75 Å². The molecule has 1 heterocycles. The lowest BCUT2D eigenvalue weighted by Gasteiger charge is -2.15. The average Bonchev–Trinajstić information content (AvgIpc) is 2.85. The number of carbonyl (C=O) groups excluding carboxylic acids is 1. The van der Waals surface area contributed by atoms with Gasteiger partial charge in [-0.25, -0.2) is 9.89 Å². The summed E-state index contributed by atoms with van der Waals surface area (Å²) in [7, 11) is 0. The van der Waals surface area contributed by atoms with Gasteiger partial charge in [0, 0.05) is 0 Å². The fraction of sp³-hybridized carbons (Fsp3) is 0.357. The van der Waals surface area contributed by atoms with Gasteiger partial charge >= 0.3 is 5.69 Å². The maximum Gasteiger partial charge on any atom is 0.341 e. The maximum absolute atomic E-state index is 11.9. The van der Waals surface area contributed by atoms with Crippen molar-refractivity contribution in [2.75, 3.05) is 0 Å². The van der Waals surface area contributed by atoms with E-state index in [0.29, 0.717) is 0 Å². The normalized spacial score (nSPS) is 12.2. The highest BCUT2D eigenvalue weighted by molar-refractivity contribution is 5.90. The lowest BCUT2D eigenvalue weighted by atomic mass is 10.1. The van der Waals surface area contributed by atoms with Gasteiger partial charge in [-0.15, -0.1) is 5.10 Å². The third-order valence-corrected chi connectivity index (χ3v) is 2.79. The van der Waals surface area contributed by atoms with Crippen molar-refractivity contribution in [1.29, 1.82) is 0 Å². The van der Waals surface area contributed by atoms with Crippen LogP contribution >= 0.6 is 0 Å². The van der Waals surface area contributed by atoms with Crippen LogP contribution in [0.1, 0.15) is 43.0 Å². The number of hydrogen-bond acceptors (Lipinski definition) is 4. The van der Waals surface area contributed by atoms with E-state index in [4.69, 9.17) is 4.74 Å². The Labute approximate surface area is 121 Å². The van der Waals surface area contributed by atoms with Gasteiger partial charge in [0.1, 0.15) is 5.75 Å². The number of nitrogens with one attached hydrogen (secondary N) is 3. The van der Waals surface area contributed by atoms with Crippen molar-refractivity contribution in [2.24, 2.45) is 0 Å². The van der Waals surface area contributed by atoms with E-state index in [1.54, 1.807) is 0 Å². The summed E-state index contributed by atoms with van der Waals surface area (Å²) < 4.78 is 5.62. The zero-order chi connectivity index (χ0) is 15.4. The first-order valence-electron chi connectivity index (χ1n) is 6.68. The second-order valence-corrected chi connectivity index (χ2v) is 4.96. The quantitative estimate of drug-likeness (QED) is 0.774. The van der Waals surface area contributed by atoms with E-state index >= 15 is 0 Å². The van der Waals surface area contributed by atoms with Gasteiger partial charge in [0.2, 0.25) is 5.82 Å². The van der Waals surface area contributed by atoms with Gasteiger partial charge in [-0.2, -0.15) is 0 Å². The molecule has 1 aromatic carbocycles. The maximum atomic E-state index is 11.9. The molecule has 0 saturated carbocycles. The molecule has 112 valence electrons. The van der Waals surface area contributed by atoms with Crippen molar-refractivity contribution < 1.29 is 9.53 Å². The van der Waals surface area contributed by atoms with Crippen molar-refractivity contribution >= 4 is 5.91 Å². The van der Waals surface area contributed by atoms with E-state index < -0.39 is 11.6 Å². The predicted octanol–water partition coefficient (Wildman–Crippen LogP) is 1.38. The van der Waals surface area contributed by atoms with Crippen molar-refractivity contribution in [2.45, 2.75) is 32.9 Å². The van der Waals surface area contributed by atoms with E-state index in [0.717, 1.165) is 11.3 Å². The van der Waals surface area contributed by atoms with Gasteiger partial charge in [-0.3, -0.25) is 9.78 Å². The van der Waals surface area contributed by atoms with Crippen molar-refractivity contribution in [3.8, 4) is 5.75 Å². The van der Waals surface area contributed by atoms with Crippen LogP contribution < -0.4 is 15.7 Å². The molecular formula is C14H18N4O3. The zero-order valence-electron chi connectivity index (χ0n) is 12.1. The molecule has 0 aliphatic rings. The lowest BCUT2D eigenvalue weighted by molar-refractivity contribution is 0.0929. The van der Waals surface area contributed by atoms with E-state index in [1.807, 2.05) is 45.0 Å². The molecule has 0 bridgehead atoms. The molecule has 0 unspecified atom stereocenters. The number of aromatic amines is 2. The van der Waals surface area contributed by atoms with Crippen molar-refractivity contribution in [3.05, 3.63) is 46.1 Å². The summed E-state index contributed by atoms with van der Waals surface area (Å²) in [6.45, 7) is 5.74. The van der Waals surface area contributed by atoms with E-state index in [9.17, 15) is 9.59 Å². The van der Waals surface area contributed by atoms with Crippen LogP contribution in [0.2, 0.25) is 0 Å². The SMILES string of the molecule is CC(C)Oc1cccc([C@H](C)NC(=O)c2n[nH]c(=O)[nH]2)c1. The number of aromatic nitrogens is 3. The van der Waals surface area contributed by atoms with Gasteiger partial charge in [0.15, 0.2) is 0 Å². The molecule has 1 aromatic heterocycles. The first-order valence-corrected chi connectivity index (χ1v) is 6.68. The van der Waals surface area contributed by atoms with Crippen LogP contribution in [-0.4, -0.2) is 27.2 Å². The standard InChI is InChI=1S/C14H18N4O3/c1-8(2)21-11-6-4-5-10(7-11)9(3)15-13(19)12-16-14(20)18-17-12/h4-9H,1-3H3,(H,15,19)(H2,16,17,18,20)/t9-/m0/s1. The van der Waals surface area contributed by atoms with Crippen LogP contribution in [0.3, 0.4) is 0 Å². The Morgan fingerprint density at radius 3 is 2.71 bits per heavy atom. The Hall–Kier alpha value is -2.57. The topological polar surface area (TPSA) is 99.9 Å². The number of rotatable bonds is 5. The smallest absolute Gasteiger partial charge is 0.341 e. The fourth-order valence-corrected chi connectivity index (χ4v) is 1.86. The molecule has 7 nitrogen and oxygen atoms in total. The van der Waals surface area contributed by atoms with Crippen LogP contribution in [-0.2, 0) is 0 Å². The molecule has 1 amide bonds. The highest BCUT2D eigenvalue weighted by Gasteiger charge is 2.15. The Balaban J connectivity index is 2.07. The zero-order valence-corrected chi connectivity index (χ0v) is 12.1. The number of benzene rings is 1. The molecule has 3 N–H and O–H groups in total. The second-order valence-electron chi connectivity index (χ2n) is 4.96. The van der Waals surface area contributed by atoms with Gasteiger partial charge in [-0.05, 0) is 38.5 Å². The number of amides is 1. The van der Waals surface area contributed by atoms with Gasteiger partial charge < -0.3 is 10.1 Å². The molecule has 0 fully saturated rings. The van der Waals surface area contributed by atoms with E-state index in [2.05, 4.69) is 20.5 Å². The molecule has 2 rings (SSSR count). The summed E-state index contributed by atoms with van der Waals surface area (Å²) in [5, 5.41) is 8.50. The molecule has 0 radical (unpaired) electrons. The number of hydrogen-bond donors (Lipinski definition) is 3. The molecule has 2 aromatic rings. The number of ether oxygens (including phenoxy) is 1. The Morgan fingerprint density at radius 2 is 2.10 bits per heavy atom. The molecular weight excluding hydrogens is 272 g/mol. The van der Waals surface area contributed by atoms with Crippen LogP contribution in [0.4, 0.5) is 0 Å². The molecule has 0 saturated heterocycles. The molecule has 0 aliphatic heterocycles. The number of nitrogens with zero attached hydrogens (tertiary/aromatic N) is 1. The highest BCUT2D eigenvalue weighted by atomic mass is 16.5. The van der Waals surface area contributed by atoms with E-state index in [1.165, 1.54) is 0 Å². The molecule has 21 heavy (non-hydrogen) atoms. The van der Waals surface area contributed by atoms with Gasteiger partial charge in [0.05, 0.1) is 12.1 Å². The minimum absolute atomic E-state index is 0.0403. The minimum atomic E-state index is -0.514. The summed E-state index contributed by atoms with van der Waals surface area (Å²) in [4.78, 5) is 25.1. The highest BCUT2D eigenvalue weighted by Crippen LogP contribution is 2.20. The minimum Gasteiger partial charge on any atom is -0.491 e. The summed E-state index contributed by atoms with van der Waals surface area (Å²) >= 11 is 0. The molecule has 1 atom stereocenters. The largest absolute Gasteiger partial charge is 0.491 e. The van der Waals surface area contributed by atoms with Gasteiger partial charge in [-0.1, -0.05) is 12.1 Å². The summed E-state index contributed by atoms with van der Waals surface area (Å²) in [6.07, 6.45) is 0.0827. The first-order chi connectivity index (χ1) is 9.95. The fourth-order valence-electron chi connectivity index (χ4n) is 1.86. The van der Waals surface area contributed by atoms with Crippen LogP contribution in [0, 0.1) is 0 Å². The molecule has 7 heteroatoms. The average molecular weight is 290 g/mol. The van der Waals surface area contributed by atoms with Crippen molar-refractivity contribution in [3.63, 3.8) is 0 Å². The summed E-state index contributed by atoms with van der Waals surface area (Å²) in [5.41, 5.74) is 0.388. The van der Waals surface area contributed by atoms with E-state index in [-0.39, 0.29) is 18.0 Å². The Kier molecular flexibility index (Phi) is 4.42. The summed E-state index contributed by atoms with van der Waals surface area (Å²) in [5.74, 6) is 0.259. The number of H-pyrrole nitrogens is 2. The second kappa shape index (κ2) is 6.25. The Bertz CT molecular complexity index is 675. The third-order valence-electron chi connectivity index (χ3n) is 2.79. The predicted molar refractivity (Wildman–Crippen MR) is 77.3 cm³/mol. The van der Waals surface area contributed by atoms with Crippen molar-refractivity contribution in [1.82, 2.24) is 20.5 Å². The monoisotopic (exact) mass is 290 g/mol. The molecule has 0 spiro atoms. The van der Waals surface area contributed by atoms with Crippen LogP contribution in [0.25, 0.3) is 0 Å². The Morgan fingerprint density at radius 1 is 1.33 bits per heavy atom. The summed E-state index contributed by atoms with van der Waals surface area (Å²) in [6, 6.07) is 7.26. The third kappa shape index (κ3) is 3.95. The first kappa shape index (κ1) is 14.8. The lowest BCUT2D eigenvalue weighted by Crippen LogP contribution is -2.28. The van der Waals surface area contributed by atoms with Crippen LogP contribution in [0.15, 0.2) is 29.1 Å². The van der Waals surface area contributed by atoms with Gasteiger partial charge in [0.25, 0.3) is 5.91 Å². The number of carbonyl (C=O) groups is 1.